The minimum absolute atomic E-state index is 0.357. The molecule has 1 heterocycles. The summed E-state index contributed by atoms with van der Waals surface area (Å²) in [6.45, 7) is 2.54. The second kappa shape index (κ2) is 8.73. The van der Waals surface area contributed by atoms with E-state index in [1.165, 1.54) is 0 Å². The highest BCUT2D eigenvalue weighted by atomic mass is 15.3. The molecule has 3 rings (SSSR count). The molecule has 3 aromatic rings. The van der Waals surface area contributed by atoms with Gasteiger partial charge in [-0.25, -0.2) is 4.68 Å². The second-order valence-electron chi connectivity index (χ2n) is 6.43. The normalized spacial score (nSPS) is 11.2. The number of guanidine groups is 1. The van der Waals surface area contributed by atoms with E-state index in [0.29, 0.717) is 42.4 Å². The summed E-state index contributed by atoms with van der Waals surface area (Å²) in [4.78, 5) is 4.32. The Morgan fingerprint density at radius 1 is 1.18 bits per heavy atom. The molecule has 0 aliphatic carbocycles. The topological polar surface area (TPSA) is 118 Å². The van der Waals surface area contributed by atoms with Crippen molar-refractivity contribution >= 4 is 17.5 Å². The van der Waals surface area contributed by atoms with Gasteiger partial charge < -0.3 is 16.8 Å². The molecule has 0 radical (unpaired) electrons. The first-order valence-corrected chi connectivity index (χ1v) is 9.05. The van der Waals surface area contributed by atoms with E-state index < -0.39 is 0 Å². The number of para-hydroxylation sites is 1. The number of anilines is 2. The van der Waals surface area contributed by atoms with Gasteiger partial charge in [0.15, 0.2) is 5.96 Å². The first kappa shape index (κ1) is 19.0. The smallest absolute Gasteiger partial charge is 0.193 e. The summed E-state index contributed by atoms with van der Waals surface area (Å²) in [5.41, 5.74) is 16.0. The maximum absolute atomic E-state index is 9.47. The number of nitrogens with zero attached hydrogens (tertiary/aromatic N) is 4. The number of aliphatic imine (C=N–C) groups is 1. The highest BCUT2D eigenvalue weighted by Crippen LogP contribution is 2.21. The van der Waals surface area contributed by atoms with Gasteiger partial charge in [0.1, 0.15) is 17.5 Å². The van der Waals surface area contributed by atoms with Crippen molar-refractivity contribution in [3.05, 3.63) is 71.4 Å². The van der Waals surface area contributed by atoms with Crippen molar-refractivity contribution in [1.29, 1.82) is 5.26 Å². The van der Waals surface area contributed by atoms with Gasteiger partial charge in [-0.15, -0.1) is 0 Å². The number of rotatable bonds is 6. The SMILES string of the molecule is Cc1ccc(-n2nc(CCCN=C(N)Nc3ccccc3)c(C#N)c2N)cc1. The summed E-state index contributed by atoms with van der Waals surface area (Å²) in [5.74, 6) is 0.714. The number of hydrogen-bond acceptors (Lipinski definition) is 4. The van der Waals surface area contributed by atoms with Gasteiger partial charge in [-0.05, 0) is 44.0 Å². The molecule has 0 spiro atoms. The summed E-state index contributed by atoms with van der Waals surface area (Å²) in [7, 11) is 0. The van der Waals surface area contributed by atoms with E-state index in [1.54, 1.807) is 4.68 Å². The Morgan fingerprint density at radius 3 is 2.57 bits per heavy atom. The van der Waals surface area contributed by atoms with Crippen LogP contribution in [0.4, 0.5) is 11.5 Å². The predicted molar refractivity (Wildman–Crippen MR) is 112 cm³/mol. The fourth-order valence-corrected chi connectivity index (χ4v) is 2.81. The number of hydrogen-bond donors (Lipinski definition) is 3. The lowest BCUT2D eigenvalue weighted by atomic mass is 10.1. The van der Waals surface area contributed by atoms with Gasteiger partial charge in [0.25, 0.3) is 0 Å². The molecule has 0 aliphatic heterocycles. The van der Waals surface area contributed by atoms with Crippen LogP contribution in [-0.2, 0) is 6.42 Å². The van der Waals surface area contributed by atoms with Gasteiger partial charge in [-0.1, -0.05) is 35.9 Å². The largest absolute Gasteiger partial charge is 0.382 e. The summed E-state index contributed by atoms with van der Waals surface area (Å²) in [6.07, 6.45) is 1.30. The zero-order chi connectivity index (χ0) is 19.9. The second-order valence-corrected chi connectivity index (χ2v) is 6.43. The number of benzene rings is 2. The number of nitrogens with one attached hydrogen (secondary N) is 1. The molecule has 0 aliphatic rings. The van der Waals surface area contributed by atoms with Crippen LogP contribution in [-0.4, -0.2) is 22.3 Å². The van der Waals surface area contributed by atoms with E-state index in [2.05, 4.69) is 21.5 Å². The van der Waals surface area contributed by atoms with Gasteiger partial charge in [0, 0.05) is 12.2 Å². The van der Waals surface area contributed by atoms with Crippen LogP contribution in [0.15, 0.2) is 59.6 Å². The molecule has 2 aromatic carbocycles. The molecule has 0 fully saturated rings. The molecule has 1 aromatic heterocycles. The lowest BCUT2D eigenvalue weighted by Crippen LogP contribution is -2.22. The molecule has 0 unspecified atom stereocenters. The maximum Gasteiger partial charge on any atom is 0.193 e. The van der Waals surface area contributed by atoms with E-state index in [4.69, 9.17) is 11.5 Å². The standard InChI is InChI=1S/C21H23N7/c1-15-9-11-17(12-10-15)28-20(23)18(14-22)19(27-28)8-5-13-25-21(24)26-16-6-3-2-4-7-16/h2-4,6-7,9-12H,5,8,13,23H2,1H3,(H3,24,25,26). The third-order valence-electron chi connectivity index (χ3n) is 4.28. The maximum atomic E-state index is 9.47. The molecule has 0 bridgehead atoms. The van der Waals surface area contributed by atoms with E-state index in [-0.39, 0.29) is 0 Å². The lowest BCUT2D eigenvalue weighted by molar-refractivity contribution is 0.776. The van der Waals surface area contributed by atoms with E-state index >= 15 is 0 Å². The minimum Gasteiger partial charge on any atom is -0.382 e. The number of nitrogen functional groups attached to an aromatic ring is 1. The average molecular weight is 373 g/mol. The van der Waals surface area contributed by atoms with Gasteiger partial charge >= 0.3 is 0 Å². The number of aromatic nitrogens is 2. The third-order valence-corrected chi connectivity index (χ3v) is 4.28. The highest BCUT2D eigenvalue weighted by Gasteiger charge is 2.16. The molecule has 28 heavy (non-hydrogen) atoms. The average Bonchev–Trinajstić information content (AvgIpc) is 3.02. The van der Waals surface area contributed by atoms with Crippen molar-refractivity contribution < 1.29 is 0 Å². The van der Waals surface area contributed by atoms with Crippen LogP contribution in [0.1, 0.15) is 23.2 Å². The van der Waals surface area contributed by atoms with Crippen molar-refractivity contribution in [2.75, 3.05) is 17.6 Å². The van der Waals surface area contributed by atoms with Crippen molar-refractivity contribution in [2.45, 2.75) is 19.8 Å². The molecule has 7 nitrogen and oxygen atoms in total. The first-order chi connectivity index (χ1) is 13.6. The summed E-state index contributed by atoms with van der Waals surface area (Å²) in [5, 5.41) is 17.0. The van der Waals surface area contributed by atoms with Crippen LogP contribution in [0.25, 0.3) is 5.69 Å². The van der Waals surface area contributed by atoms with Crippen LogP contribution in [0.5, 0.6) is 0 Å². The Kier molecular flexibility index (Phi) is 5.92. The van der Waals surface area contributed by atoms with Crippen LogP contribution < -0.4 is 16.8 Å². The fraction of sp³-hybridized carbons (Fsp3) is 0.190. The zero-order valence-electron chi connectivity index (χ0n) is 15.8. The Morgan fingerprint density at radius 2 is 1.89 bits per heavy atom. The molecular weight excluding hydrogens is 350 g/mol. The fourth-order valence-electron chi connectivity index (χ4n) is 2.81. The van der Waals surface area contributed by atoms with E-state index in [0.717, 1.165) is 16.9 Å². The molecular formula is C21H23N7. The Labute approximate surface area is 164 Å². The van der Waals surface area contributed by atoms with Gasteiger partial charge in [0.2, 0.25) is 0 Å². The van der Waals surface area contributed by atoms with Crippen molar-refractivity contribution in [1.82, 2.24) is 9.78 Å². The van der Waals surface area contributed by atoms with Crippen LogP contribution in [0.2, 0.25) is 0 Å². The predicted octanol–water partition coefficient (Wildman–Crippen LogP) is 2.99. The van der Waals surface area contributed by atoms with E-state index in [9.17, 15) is 5.26 Å². The van der Waals surface area contributed by atoms with Gasteiger partial charge in [0.05, 0.1) is 11.4 Å². The summed E-state index contributed by atoms with van der Waals surface area (Å²) in [6, 6.07) is 19.6. The van der Waals surface area contributed by atoms with Crippen LogP contribution in [0.3, 0.4) is 0 Å². The molecule has 142 valence electrons. The zero-order valence-corrected chi connectivity index (χ0v) is 15.8. The summed E-state index contributed by atoms with van der Waals surface area (Å²) < 4.78 is 1.61. The van der Waals surface area contributed by atoms with Crippen LogP contribution >= 0.6 is 0 Å². The number of nitriles is 1. The number of nitrogens with two attached hydrogens (primary N) is 2. The molecule has 0 saturated carbocycles. The van der Waals surface area contributed by atoms with Gasteiger partial charge in [-0.3, -0.25) is 4.99 Å². The molecule has 7 heteroatoms. The quantitative estimate of drug-likeness (QED) is 0.349. The van der Waals surface area contributed by atoms with Crippen molar-refractivity contribution in [3.63, 3.8) is 0 Å². The van der Waals surface area contributed by atoms with Crippen LogP contribution in [0, 0.1) is 18.3 Å². The highest BCUT2D eigenvalue weighted by molar-refractivity contribution is 5.92. The summed E-state index contributed by atoms with van der Waals surface area (Å²) >= 11 is 0. The minimum atomic E-state index is 0.357. The van der Waals surface area contributed by atoms with Crippen molar-refractivity contribution in [2.24, 2.45) is 10.7 Å². The third kappa shape index (κ3) is 4.48. The lowest BCUT2D eigenvalue weighted by Gasteiger charge is -2.05. The van der Waals surface area contributed by atoms with E-state index in [1.807, 2.05) is 61.5 Å². The molecule has 5 N–H and O–H groups in total. The first-order valence-electron chi connectivity index (χ1n) is 9.05. The monoisotopic (exact) mass is 373 g/mol. The number of aryl methyl sites for hydroxylation is 2. The Hall–Kier alpha value is -3.79. The molecule has 0 atom stereocenters. The molecule has 0 saturated heterocycles. The van der Waals surface area contributed by atoms with Gasteiger partial charge in [-0.2, -0.15) is 10.4 Å². The van der Waals surface area contributed by atoms with Crippen molar-refractivity contribution in [3.8, 4) is 11.8 Å². The Bertz CT molecular complexity index is 996. The molecule has 0 amide bonds. The Balaban J connectivity index is 1.64.